The summed E-state index contributed by atoms with van der Waals surface area (Å²) < 4.78 is 0.945. The largest absolute Gasteiger partial charge is 0.277 e. The zero-order valence-electron chi connectivity index (χ0n) is 5.93. The second-order valence-corrected chi connectivity index (χ2v) is 2.91. The number of halogens is 1. The highest BCUT2D eigenvalue weighted by atomic mass is 79.9. The van der Waals surface area contributed by atoms with Crippen molar-refractivity contribution in [1.82, 2.24) is 4.98 Å². The zero-order valence-corrected chi connectivity index (χ0v) is 7.51. The maximum absolute atomic E-state index is 8.27. The molecule has 11 heavy (non-hydrogen) atoms. The zero-order chi connectivity index (χ0) is 8.27. The molecule has 1 aromatic heterocycles. The molecule has 56 valence electrons. The van der Waals surface area contributed by atoms with Gasteiger partial charge in [-0.25, -0.2) is 4.98 Å². The van der Waals surface area contributed by atoms with E-state index in [2.05, 4.69) is 26.2 Å². The summed E-state index contributed by atoms with van der Waals surface area (Å²) in [6.07, 6.45) is 3.46. The van der Waals surface area contributed by atoms with Gasteiger partial charge in [0.2, 0.25) is 0 Å². The predicted molar refractivity (Wildman–Crippen MR) is 45.9 cm³/mol. The first-order valence-corrected chi connectivity index (χ1v) is 3.80. The summed E-state index contributed by atoms with van der Waals surface area (Å²) in [5.74, 6) is 0.577. The fourth-order valence-corrected chi connectivity index (χ4v) is 0.882. The number of hydrogen-bond donors (Lipinski definition) is 1. The highest BCUT2D eigenvalue weighted by molar-refractivity contribution is 9.10. The van der Waals surface area contributed by atoms with Crippen LogP contribution < -0.4 is 5.32 Å². The van der Waals surface area contributed by atoms with Crippen LogP contribution in [0.25, 0.3) is 0 Å². The number of pyridine rings is 1. The molecule has 0 aliphatic rings. The first kappa shape index (κ1) is 8.02. The summed E-state index contributed by atoms with van der Waals surface area (Å²) in [5.41, 5.74) is 1.05. The Morgan fingerprint density at radius 1 is 1.73 bits per heavy atom. The van der Waals surface area contributed by atoms with Crippen LogP contribution in [0, 0.1) is 18.4 Å². The molecule has 0 aromatic carbocycles. The molecule has 1 N–H and O–H groups in total. The molecule has 0 amide bonds. The first-order valence-electron chi connectivity index (χ1n) is 3.01. The maximum atomic E-state index is 8.27. The number of nitrogens with zero attached hydrogens (tertiary/aromatic N) is 2. The van der Waals surface area contributed by atoms with Crippen molar-refractivity contribution in [3.8, 4) is 6.19 Å². The normalized spacial score (nSPS) is 8.82. The van der Waals surface area contributed by atoms with E-state index < -0.39 is 0 Å². The minimum absolute atomic E-state index is 0.577. The Kier molecular flexibility index (Phi) is 2.44. The van der Waals surface area contributed by atoms with Crippen molar-refractivity contribution < 1.29 is 0 Å². The Morgan fingerprint density at radius 3 is 3.00 bits per heavy atom. The standard InChI is InChI=1S/C7H6BrN3/c1-5-2-7(11-4-9)10-3-6(5)8/h2-3H,1H3,(H,10,11). The molecule has 0 saturated heterocycles. The molecule has 4 heteroatoms. The summed E-state index contributed by atoms with van der Waals surface area (Å²) in [5, 5.41) is 10.7. The van der Waals surface area contributed by atoms with Gasteiger partial charge in [-0.3, -0.25) is 5.32 Å². The Hall–Kier alpha value is -1.08. The van der Waals surface area contributed by atoms with Crippen LogP contribution in [0.3, 0.4) is 0 Å². The van der Waals surface area contributed by atoms with Gasteiger partial charge in [0.25, 0.3) is 0 Å². The van der Waals surface area contributed by atoms with E-state index in [0.29, 0.717) is 5.82 Å². The molecule has 0 aliphatic heterocycles. The molecule has 3 nitrogen and oxygen atoms in total. The van der Waals surface area contributed by atoms with Gasteiger partial charge in [0.1, 0.15) is 5.82 Å². The van der Waals surface area contributed by atoms with Gasteiger partial charge in [0.05, 0.1) is 0 Å². The van der Waals surface area contributed by atoms with Gasteiger partial charge in [-0.15, -0.1) is 0 Å². The highest BCUT2D eigenvalue weighted by Crippen LogP contribution is 2.16. The number of anilines is 1. The Balaban J connectivity index is 2.98. The highest BCUT2D eigenvalue weighted by Gasteiger charge is 1.96. The number of rotatable bonds is 1. The fourth-order valence-electron chi connectivity index (χ4n) is 0.665. The molecule has 1 heterocycles. The Bertz CT molecular complexity index is 303. The van der Waals surface area contributed by atoms with E-state index in [-0.39, 0.29) is 0 Å². The summed E-state index contributed by atoms with van der Waals surface area (Å²) in [6.45, 7) is 1.94. The van der Waals surface area contributed by atoms with Gasteiger partial charge in [-0.1, -0.05) is 0 Å². The lowest BCUT2D eigenvalue weighted by molar-refractivity contribution is 1.25. The molecular weight excluding hydrogens is 206 g/mol. The summed E-state index contributed by atoms with van der Waals surface area (Å²) in [7, 11) is 0. The minimum Gasteiger partial charge on any atom is -0.277 e. The fraction of sp³-hybridized carbons (Fsp3) is 0.143. The Labute approximate surface area is 73.2 Å². The van der Waals surface area contributed by atoms with Crippen LogP contribution in [0.1, 0.15) is 5.56 Å². The van der Waals surface area contributed by atoms with E-state index in [9.17, 15) is 0 Å². The molecule has 1 aromatic rings. The monoisotopic (exact) mass is 211 g/mol. The number of hydrogen-bond acceptors (Lipinski definition) is 3. The van der Waals surface area contributed by atoms with Crippen molar-refractivity contribution in [3.63, 3.8) is 0 Å². The van der Waals surface area contributed by atoms with Crippen LogP contribution in [0.2, 0.25) is 0 Å². The topological polar surface area (TPSA) is 48.7 Å². The molecular formula is C7H6BrN3. The average Bonchev–Trinajstić information content (AvgIpc) is 1.98. The van der Waals surface area contributed by atoms with Crippen LogP contribution in [-0.2, 0) is 0 Å². The van der Waals surface area contributed by atoms with Crippen molar-refractivity contribution in [2.75, 3.05) is 5.32 Å². The molecule has 0 fully saturated rings. The third-order valence-electron chi connectivity index (χ3n) is 1.23. The average molecular weight is 212 g/mol. The van der Waals surface area contributed by atoms with Gasteiger partial charge in [-0.2, -0.15) is 5.26 Å². The van der Waals surface area contributed by atoms with E-state index >= 15 is 0 Å². The predicted octanol–water partition coefficient (Wildman–Crippen LogP) is 2.05. The van der Waals surface area contributed by atoms with Crippen molar-refractivity contribution in [1.29, 1.82) is 5.26 Å². The number of nitriles is 1. The second kappa shape index (κ2) is 3.35. The molecule has 0 spiro atoms. The van der Waals surface area contributed by atoms with Crippen LogP contribution in [0.15, 0.2) is 16.7 Å². The Morgan fingerprint density at radius 2 is 2.45 bits per heavy atom. The number of nitrogens with one attached hydrogen (secondary N) is 1. The van der Waals surface area contributed by atoms with Gasteiger partial charge in [-0.05, 0) is 34.5 Å². The summed E-state index contributed by atoms with van der Waals surface area (Å²) in [6, 6.07) is 1.80. The van der Waals surface area contributed by atoms with Gasteiger partial charge >= 0.3 is 0 Å². The molecule has 0 radical (unpaired) electrons. The molecule has 0 unspecified atom stereocenters. The van der Waals surface area contributed by atoms with E-state index in [0.717, 1.165) is 10.0 Å². The van der Waals surface area contributed by atoms with Crippen LogP contribution in [0.4, 0.5) is 5.82 Å². The lowest BCUT2D eigenvalue weighted by atomic mass is 10.3. The minimum atomic E-state index is 0.577. The van der Waals surface area contributed by atoms with Crippen molar-refractivity contribution in [2.45, 2.75) is 6.92 Å². The van der Waals surface area contributed by atoms with E-state index in [1.807, 2.05) is 6.92 Å². The summed E-state index contributed by atoms with van der Waals surface area (Å²) >= 11 is 3.31. The quantitative estimate of drug-likeness (QED) is 0.572. The third-order valence-corrected chi connectivity index (χ3v) is 2.06. The van der Waals surface area contributed by atoms with E-state index in [1.165, 1.54) is 0 Å². The van der Waals surface area contributed by atoms with Crippen LogP contribution >= 0.6 is 15.9 Å². The smallest absolute Gasteiger partial charge is 0.182 e. The maximum Gasteiger partial charge on any atom is 0.182 e. The first-order chi connectivity index (χ1) is 5.24. The van der Waals surface area contributed by atoms with Gasteiger partial charge in [0, 0.05) is 10.7 Å². The third kappa shape index (κ3) is 1.92. The van der Waals surface area contributed by atoms with Crippen molar-refractivity contribution in [3.05, 3.63) is 22.3 Å². The number of aryl methyl sites for hydroxylation is 1. The molecule has 0 atom stereocenters. The lowest BCUT2D eigenvalue weighted by Gasteiger charge is -1.99. The van der Waals surface area contributed by atoms with Crippen LogP contribution in [-0.4, -0.2) is 4.98 Å². The summed E-state index contributed by atoms with van der Waals surface area (Å²) in [4.78, 5) is 3.95. The molecule has 0 saturated carbocycles. The van der Waals surface area contributed by atoms with E-state index in [1.54, 1.807) is 18.5 Å². The van der Waals surface area contributed by atoms with Crippen LogP contribution in [0.5, 0.6) is 0 Å². The SMILES string of the molecule is Cc1cc(NC#N)ncc1Br. The van der Waals surface area contributed by atoms with E-state index in [4.69, 9.17) is 5.26 Å². The lowest BCUT2D eigenvalue weighted by Crippen LogP contribution is -1.91. The number of aromatic nitrogens is 1. The van der Waals surface area contributed by atoms with Gasteiger partial charge < -0.3 is 0 Å². The second-order valence-electron chi connectivity index (χ2n) is 2.06. The molecule has 0 aliphatic carbocycles. The molecule has 0 bridgehead atoms. The van der Waals surface area contributed by atoms with Gasteiger partial charge in [0.15, 0.2) is 6.19 Å². The van der Waals surface area contributed by atoms with Crippen molar-refractivity contribution >= 4 is 21.7 Å². The molecule has 1 rings (SSSR count). The van der Waals surface area contributed by atoms with Crippen molar-refractivity contribution in [2.24, 2.45) is 0 Å².